The fraction of sp³-hybridized carbons (Fsp3) is 0.947. The van der Waals surface area contributed by atoms with Crippen LogP contribution < -0.4 is 5.32 Å². The van der Waals surface area contributed by atoms with Crippen molar-refractivity contribution in [3.8, 4) is 0 Å². The predicted molar refractivity (Wildman–Crippen MR) is 109 cm³/mol. The average molecular weight is 387 g/mol. The summed E-state index contributed by atoms with van der Waals surface area (Å²) < 4.78 is 23.9. The Morgan fingerprint density at radius 3 is 2.38 bits per heavy atom. The molecule has 2 rings (SSSR count). The minimum atomic E-state index is -3.04. The van der Waals surface area contributed by atoms with Gasteiger partial charge in [-0.25, -0.2) is 8.42 Å². The number of aliphatic imine (C=N–C) groups is 1. The van der Waals surface area contributed by atoms with Gasteiger partial charge >= 0.3 is 0 Å². The van der Waals surface area contributed by atoms with Crippen molar-refractivity contribution in [2.24, 2.45) is 10.9 Å². The van der Waals surface area contributed by atoms with Crippen LogP contribution in [0.25, 0.3) is 0 Å². The van der Waals surface area contributed by atoms with E-state index in [0.717, 1.165) is 25.5 Å². The van der Waals surface area contributed by atoms with Gasteiger partial charge in [-0.2, -0.15) is 0 Å². The van der Waals surface area contributed by atoms with Gasteiger partial charge in [0, 0.05) is 25.7 Å². The molecule has 0 spiro atoms. The molecule has 0 saturated carbocycles. The van der Waals surface area contributed by atoms with E-state index in [-0.39, 0.29) is 5.75 Å². The summed E-state index contributed by atoms with van der Waals surface area (Å²) in [5.41, 5.74) is 0. The highest BCUT2D eigenvalue weighted by atomic mass is 32.2. The molecule has 152 valence electrons. The number of nitrogens with zero attached hydrogens (tertiary/aromatic N) is 3. The second-order valence-corrected chi connectivity index (χ2v) is 11.5. The van der Waals surface area contributed by atoms with E-state index in [1.165, 1.54) is 25.9 Å². The van der Waals surface area contributed by atoms with Crippen LogP contribution in [0.2, 0.25) is 0 Å². The standard InChI is InChI=1S/C19H38N4O2S/c1-6-20-18(23-11-12-26(24,25)19(4,5)15-23)21-14-17(13-16(2)3)22-9-7-8-10-22/h16-17H,6-15H2,1-5H3,(H,20,21). The third-order valence-corrected chi connectivity index (χ3v) is 8.06. The van der Waals surface area contributed by atoms with Crippen LogP contribution in [0.15, 0.2) is 4.99 Å². The van der Waals surface area contributed by atoms with Crippen LogP contribution in [0.1, 0.15) is 53.9 Å². The molecule has 0 bridgehead atoms. The molecule has 2 fully saturated rings. The second kappa shape index (κ2) is 8.91. The van der Waals surface area contributed by atoms with Gasteiger partial charge in [-0.1, -0.05) is 13.8 Å². The van der Waals surface area contributed by atoms with Gasteiger partial charge < -0.3 is 10.2 Å². The van der Waals surface area contributed by atoms with Crippen LogP contribution in [0.3, 0.4) is 0 Å². The van der Waals surface area contributed by atoms with E-state index in [2.05, 4.69) is 35.9 Å². The van der Waals surface area contributed by atoms with E-state index < -0.39 is 14.6 Å². The van der Waals surface area contributed by atoms with Crippen LogP contribution in [-0.4, -0.2) is 80.0 Å². The highest BCUT2D eigenvalue weighted by Gasteiger charge is 2.41. The van der Waals surface area contributed by atoms with E-state index in [0.29, 0.717) is 25.0 Å². The maximum Gasteiger partial charge on any atom is 0.194 e. The van der Waals surface area contributed by atoms with Crippen molar-refractivity contribution in [1.29, 1.82) is 0 Å². The van der Waals surface area contributed by atoms with Gasteiger partial charge in [0.25, 0.3) is 0 Å². The largest absolute Gasteiger partial charge is 0.357 e. The Bertz CT molecular complexity index is 580. The topological polar surface area (TPSA) is 65.0 Å². The van der Waals surface area contributed by atoms with Crippen molar-refractivity contribution >= 4 is 15.8 Å². The zero-order valence-electron chi connectivity index (χ0n) is 17.3. The molecule has 0 aliphatic carbocycles. The molecule has 7 heteroatoms. The minimum Gasteiger partial charge on any atom is -0.357 e. The van der Waals surface area contributed by atoms with Crippen molar-refractivity contribution in [3.05, 3.63) is 0 Å². The van der Waals surface area contributed by atoms with Crippen LogP contribution in [-0.2, 0) is 9.84 Å². The zero-order chi connectivity index (χ0) is 19.4. The molecule has 1 N–H and O–H groups in total. The number of nitrogens with one attached hydrogen (secondary N) is 1. The number of likely N-dealkylation sites (tertiary alicyclic amines) is 1. The number of sulfone groups is 1. The first-order valence-electron chi connectivity index (χ1n) is 10.2. The molecule has 1 atom stereocenters. The van der Waals surface area contributed by atoms with E-state index in [1.54, 1.807) is 0 Å². The highest BCUT2D eigenvalue weighted by Crippen LogP contribution is 2.24. The summed E-state index contributed by atoms with van der Waals surface area (Å²) in [7, 11) is -3.04. The summed E-state index contributed by atoms with van der Waals surface area (Å²) in [5.74, 6) is 1.72. The summed E-state index contributed by atoms with van der Waals surface area (Å²) >= 11 is 0. The van der Waals surface area contributed by atoms with E-state index >= 15 is 0 Å². The van der Waals surface area contributed by atoms with Crippen LogP contribution in [0.4, 0.5) is 0 Å². The van der Waals surface area contributed by atoms with Gasteiger partial charge in [0.15, 0.2) is 15.8 Å². The molecule has 2 heterocycles. The molecular formula is C19H38N4O2S. The maximum absolute atomic E-state index is 12.3. The third-order valence-electron chi connectivity index (χ3n) is 5.53. The Balaban J connectivity index is 2.11. The molecular weight excluding hydrogens is 348 g/mol. The molecule has 2 aliphatic rings. The molecule has 6 nitrogen and oxygen atoms in total. The van der Waals surface area contributed by atoms with E-state index in [9.17, 15) is 8.42 Å². The lowest BCUT2D eigenvalue weighted by Gasteiger charge is -2.39. The Hall–Kier alpha value is -0.820. The van der Waals surface area contributed by atoms with Gasteiger partial charge in [0.2, 0.25) is 0 Å². The second-order valence-electron chi connectivity index (χ2n) is 8.72. The van der Waals surface area contributed by atoms with Crippen molar-refractivity contribution in [3.63, 3.8) is 0 Å². The maximum atomic E-state index is 12.3. The molecule has 1 unspecified atom stereocenters. The molecule has 2 aliphatic heterocycles. The Morgan fingerprint density at radius 2 is 1.85 bits per heavy atom. The van der Waals surface area contributed by atoms with Crippen molar-refractivity contribution < 1.29 is 8.42 Å². The first-order valence-corrected chi connectivity index (χ1v) is 11.8. The molecule has 0 radical (unpaired) electrons. The van der Waals surface area contributed by atoms with Gasteiger partial charge in [0.1, 0.15) is 0 Å². The summed E-state index contributed by atoms with van der Waals surface area (Å²) in [6.07, 6.45) is 3.73. The SMILES string of the molecule is CCNC(=NCC(CC(C)C)N1CCCC1)N1CCS(=O)(=O)C(C)(C)C1. The van der Waals surface area contributed by atoms with Crippen LogP contribution in [0, 0.1) is 5.92 Å². The first kappa shape index (κ1) is 21.5. The monoisotopic (exact) mass is 386 g/mol. The summed E-state index contributed by atoms with van der Waals surface area (Å²) in [6, 6.07) is 0.479. The lowest BCUT2D eigenvalue weighted by molar-refractivity contribution is 0.217. The van der Waals surface area contributed by atoms with Gasteiger partial charge in [-0.3, -0.25) is 9.89 Å². The molecule has 0 aromatic carbocycles. The van der Waals surface area contributed by atoms with Crippen molar-refractivity contribution in [2.45, 2.75) is 64.7 Å². The first-order chi connectivity index (χ1) is 12.2. The fourth-order valence-electron chi connectivity index (χ4n) is 3.93. The third kappa shape index (κ3) is 5.35. The molecule has 26 heavy (non-hydrogen) atoms. The molecule has 2 saturated heterocycles. The quantitative estimate of drug-likeness (QED) is 0.558. The van der Waals surface area contributed by atoms with Crippen molar-refractivity contribution in [1.82, 2.24) is 15.1 Å². The molecule has 0 amide bonds. The zero-order valence-corrected chi connectivity index (χ0v) is 18.1. The van der Waals surface area contributed by atoms with E-state index in [4.69, 9.17) is 4.99 Å². The number of hydrogen-bond acceptors (Lipinski definition) is 4. The summed E-state index contributed by atoms with van der Waals surface area (Å²) in [5, 5.41) is 3.38. The Labute approximate surface area is 160 Å². The van der Waals surface area contributed by atoms with Gasteiger partial charge in [-0.15, -0.1) is 0 Å². The minimum absolute atomic E-state index is 0.200. The summed E-state index contributed by atoms with van der Waals surface area (Å²) in [4.78, 5) is 9.65. The Morgan fingerprint density at radius 1 is 1.19 bits per heavy atom. The number of rotatable bonds is 6. The predicted octanol–water partition coefficient (Wildman–Crippen LogP) is 1.97. The lowest BCUT2D eigenvalue weighted by atomic mass is 10.0. The number of hydrogen-bond donors (Lipinski definition) is 1. The average Bonchev–Trinajstić information content (AvgIpc) is 3.07. The Kier molecular flexibility index (Phi) is 7.36. The van der Waals surface area contributed by atoms with Gasteiger partial charge in [-0.05, 0) is 59.0 Å². The van der Waals surface area contributed by atoms with Crippen LogP contribution >= 0.6 is 0 Å². The molecule has 0 aromatic heterocycles. The van der Waals surface area contributed by atoms with Crippen molar-refractivity contribution in [2.75, 3.05) is 45.0 Å². The highest BCUT2D eigenvalue weighted by molar-refractivity contribution is 7.92. The molecule has 0 aromatic rings. The summed E-state index contributed by atoms with van der Waals surface area (Å²) in [6.45, 7) is 15.2. The fourth-order valence-corrected chi connectivity index (χ4v) is 5.30. The lowest BCUT2D eigenvalue weighted by Crippen LogP contribution is -2.57. The van der Waals surface area contributed by atoms with Crippen LogP contribution in [0.5, 0.6) is 0 Å². The smallest absolute Gasteiger partial charge is 0.194 e. The van der Waals surface area contributed by atoms with E-state index in [1.807, 2.05) is 13.8 Å². The van der Waals surface area contributed by atoms with Gasteiger partial charge in [0.05, 0.1) is 17.0 Å². The normalized spacial score (nSPS) is 24.8. The number of guanidine groups is 1.